The van der Waals surface area contributed by atoms with E-state index in [0.717, 1.165) is 45.8 Å². The van der Waals surface area contributed by atoms with Gasteiger partial charge in [0.1, 0.15) is 0 Å². The van der Waals surface area contributed by atoms with Gasteiger partial charge in [0.15, 0.2) is 0 Å². The fraction of sp³-hybridized carbons (Fsp3) is 1.00. The number of hydrogen-bond donors (Lipinski definition) is 1. The molecule has 0 radical (unpaired) electrons. The molecule has 2 atom stereocenters. The molecule has 0 aliphatic carbocycles. The van der Waals surface area contributed by atoms with Crippen molar-refractivity contribution in [1.29, 1.82) is 0 Å². The highest BCUT2D eigenvalue weighted by molar-refractivity contribution is 4.85. The molecule has 1 rings (SSSR count). The Balaban J connectivity index is 2.04. The van der Waals surface area contributed by atoms with Crippen LogP contribution in [0.15, 0.2) is 0 Å². The van der Waals surface area contributed by atoms with Gasteiger partial charge in [-0.1, -0.05) is 0 Å². The molecule has 0 bridgehead atoms. The molecule has 1 aliphatic rings. The third kappa shape index (κ3) is 5.31. The van der Waals surface area contributed by atoms with Crippen LogP contribution in [-0.2, 0) is 14.2 Å². The minimum absolute atomic E-state index is 0.224. The minimum atomic E-state index is 0.224. The van der Waals surface area contributed by atoms with Gasteiger partial charge in [-0.15, -0.1) is 0 Å². The van der Waals surface area contributed by atoms with Gasteiger partial charge < -0.3 is 19.5 Å². The molecular formula is C12H26N2O3. The molecule has 5 heteroatoms. The second-order valence-corrected chi connectivity index (χ2v) is 4.40. The summed E-state index contributed by atoms with van der Waals surface area (Å²) in [4.78, 5) is 2.40. The van der Waals surface area contributed by atoms with Crippen LogP contribution in [0.3, 0.4) is 0 Å². The molecule has 1 fully saturated rings. The van der Waals surface area contributed by atoms with Gasteiger partial charge in [-0.2, -0.15) is 0 Å². The average Bonchev–Trinajstić information content (AvgIpc) is 2.76. The molecule has 1 heterocycles. The number of likely N-dealkylation sites (tertiary alicyclic amines) is 1. The summed E-state index contributed by atoms with van der Waals surface area (Å²) in [7, 11) is 5.24. The van der Waals surface area contributed by atoms with E-state index in [4.69, 9.17) is 14.2 Å². The van der Waals surface area contributed by atoms with Crippen molar-refractivity contribution in [3.8, 4) is 0 Å². The summed E-state index contributed by atoms with van der Waals surface area (Å²) >= 11 is 0. The molecule has 5 nitrogen and oxygen atoms in total. The predicted octanol–water partition coefficient (Wildman–Crippen LogP) is -0.0419. The summed E-state index contributed by atoms with van der Waals surface area (Å²) < 4.78 is 15.8. The van der Waals surface area contributed by atoms with E-state index < -0.39 is 0 Å². The minimum Gasteiger partial charge on any atom is -0.383 e. The lowest BCUT2D eigenvalue weighted by molar-refractivity contribution is -0.00461. The second-order valence-electron chi connectivity index (χ2n) is 4.40. The first kappa shape index (κ1) is 14.9. The van der Waals surface area contributed by atoms with Crippen LogP contribution in [0.4, 0.5) is 0 Å². The highest BCUT2D eigenvalue weighted by Crippen LogP contribution is 2.15. The lowest BCUT2D eigenvalue weighted by Gasteiger charge is -2.14. The van der Waals surface area contributed by atoms with Crippen LogP contribution in [0.25, 0.3) is 0 Å². The van der Waals surface area contributed by atoms with E-state index in [-0.39, 0.29) is 12.2 Å². The molecule has 102 valence electrons. The number of nitrogens with zero attached hydrogens (tertiary/aromatic N) is 1. The van der Waals surface area contributed by atoms with Gasteiger partial charge >= 0.3 is 0 Å². The van der Waals surface area contributed by atoms with Crippen molar-refractivity contribution in [2.45, 2.75) is 18.6 Å². The van der Waals surface area contributed by atoms with Gasteiger partial charge in [0.25, 0.3) is 0 Å². The second kappa shape index (κ2) is 8.83. The quantitative estimate of drug-likeness (QED) is 0.578. The molecule has 0 aromatic carbocycles. The van der Waals surface area contributed by atoms with Gasteiger partial charge in [0.2, 0.25) is 0 Å². The zero-order valence-corrected chi connectivity index (χ0v) is 11.3. The predicted molar refractivity (Wildman–Crippen MR) is 67.4 cm³/mol. The zero-order valence-electron chi connectivity index (χ0n) is 11.3. The SMILES string of the molecule is COCCNCCCN1CC(OC)C(OC)C1. The van der Waals surface area contributed by atoms with Crippen molar-refractivity contribution < 1.29 is 14.2 Å². The number of rotatable bonds is 9. The van der Waals surface area contributed by atoms with Crippen molar-refractivity contribution in [2.75, 3.05) is 60.7 Å². The molecule has 0 saturated carbocycles. The molecule has 0 spiro atoms. The lowest BCUT2D eigenvalue weighted by Crippen LogP contribution is -2.28. The largest absolute Gasteiger partial charge is 0.383 e. The maximum atomic E-state index is 5.41. The smallest absolute Gasteiger partial charge is 0.0971 e. The van der Waals surface area contributed by atoms with Crippen molar-refractivity contribution >= 4 is 0 Å². The van der Waals surface area contributed by atoms with Gasteiger partial charge in [0, 0.05) is 41.0 Å². The maximum Gasteiger partial charge on any atom is 0.0971 e. The summed E-state index contributed by atoms with van der Waals surface area (Å²) in [6.07, 6.45) is 1.60. The summed E-state index contributed by atoms with van der Waals surface area (Å²) in [6.45, 7) is 5.80. The molecule has 1 N–H and O–H groups in total. The number of ether oxygens (including phenoxy) is 3. The summed E-state index contributed by atoms with van der Waals surface area (Å²) in [5.74, 6) is 0. The normalized spacial score (nSPS) is 25.6. The van der Waals surface area contributed by atoms with Gasteiger partial charge in [0.05, 0.1) is 18.8 Å². The maximum absolute atomic E-state index is 5.41. The fourth-order valence-corrected chi connectivity index (χ4v) is 2.18. The Kier molecular flexibility index (Phi) is 7.72. The van der Waals surface area contributed by atoms with Crippen molar-refractivity contribution in [2.24, 2.45) is 0 Å². The standard InChI is InChI=1S/C12H26N2O3/c1-15-8-6-13-5-4-7-14-9-11(16-2)12(10-14)17-3/h11-13H,4-10H2,1-3H3. The van der Waals surface area contributed by atoms with Crippen molar-refractivity contribution in [3.63, 3.8) is 0 Å². The molecule has 0 aromatic heterocycles. The highest BCUT2D eigenvalue weighted by Gasteiger charge is 2.32. The van der Waals surface area contributed by atoms with E-state index in [9.17, 15) is 0 Å². The van der Waals surface area contributed by atoms with Gasteiger partial charge in [-0.05, 0) is 19.5 Å². The summed E-state index contributed by atoms with van der Waals surface area (Å²) in [5, 5.41) is 3.35. The van der Waals surface area contributed by atoms with Crippen LogP contribution < -0.4 is 5.32 Å². The van der Waals surface area contributed by atoms with E-state index in [1.54, 1.807) is 21.3 Å². The van der Waals surface area contributed by atoms with Crippen LogP contribution in [0.2, 0.25) is 0 Å². The zero-order chi connectivity index (χ0) is 12.5. The Bertz CT molecular complexity index is 181. The first-order valence-electron chi connectivity index (χ1n) is 6.29. The molecular weight excluding hydrogens is 220 g/mol. The van der Waals surface area contributed by atoms with Crippen LogP contribution in [-0.4, -0.2) is 77.8 Å². The van der Waals surface area contributed by atoms with Crippen LogP contribution in [0.5, 0.6) is 0 Å². The van der Waals surface area contributed by atoms with E-state index in [2.05, 4.69) is 10.2 Å². The summed E-state index contributed by atoms with van der Waals surface area (Å²) in [5.41, 5.74) is 0. The van der Waals surface area contributed by atoms with E-state index >= 15 is 0 Å². The van der Waals surface area contributed by atoms with Gasteiger partial charge in [-0.25, -0.2) is 0 Å². The molecule has 2 unspecified atom stereocenters. The first-order chi connectivity index (χ1) is 8.31. The average molecular weight is 246 g/mol. The fourth-order valence-electron chi connectivity index (χ4n) is 2.18. The van der Waals surface area contributed by atoms with E-state index in [1.807, 2.05) is 0 Å². The number of methoxy groups -OCH3 is 3. The van der Waals surface area contributed by atoms with E-state index in [1.165, 1.54) is 0 Å². The Hall–Kier alpha value is -0.200. The molecule has 0 amide bonds. The Morgan fingerprint density at radius 1 is 1.06 bits per heavy atom. The van der Waals surface area contributed by atoms with Crippen LogP contribution in [0, 0.1) is 0 Å². The van der Waals surface area contributed by atoms with Crippen LogP contribution in [0.1, 0.15) is 6.42 Å². The topological polar surface area (TPSA) is 43.0 Å². The lowest BCUT2D eigenvalue weighted by atomic mass is 10.3. The molecule has 17 heavy (non-hydrogen) atoms. The number of hydrogen-bond acceptors (Lipinski definition) is 5. The monoisotopic (exact) mass is 246 g/mol. The summed E-state index contributed by atoms with van der Waals surface area (Å²) in [6, 6.07) is 0. The Morgan fingerprint density at radius 2 is 1.71 bits per heavy atom. The van der Waals surface area contributed by atoms with Crippen molar-refractivity contribution in [1.82, 2.24) is 10.2 Å². The van der Waals surface area contributed by atoms with Crippen LogP contribution >= 0.6 is 0 Å². The molecule has 1 saturated heterocycles. The van der Waals surface area contributed by atoms with Gasteiger partial charge in [-0.3, -0.25) is 4.90 Å². The Morgan fingerprint density at radius 3 is 2.24 bits per heavy atom. The number of nitrogens with one attached hydrogen (secondary N) is 1. The highest BCUT2D eigenvalue weighted by atomic mass is 16.5. The third-order valence-electron chi connectivity index (χ3n) is 3.21. The first-order valence-corrected chi connectivity index (χ1v) is 6.29. The Labute approximate surface area is 104 Å². The molecule has 0 aromatic rings. The third-order valence-corrected chi connectivity index (χ3v) is 3.21. The molecule has 1 aliphatic heterocycles. The van der Waals surface area contributed by atoms with E-state index in [0.29, 0.717) is 0 Å². The van der Waals surface area contributed by atoms with Crippen molar-refractivity contribution in [3.05, 3.63) is 0 Å².